The van der Waals surface area contributed by atoms with Gasteiger partial charge in [-0.1, -0.05) is 0 Å². The van der Waals surface area contributed by atoms with Gasteiger partial charge in [-0.15, -0.1) is 0 Å². The van der Waals surface area contributed by atoms with Crippen molar-refractivity contribution in [2.75, 3.05) is 6.61 Å². The first-order valence-electron chi connectivity index (χ1n) is 9.03. The van der Waals surface area contributed by atoms with Gasteiger partial charge >= 0.3 is 12.1 Å². The number of aromatic nitrogens is 3. The Hall–Kier alpha value is -3.36. The van der Waals surface area contributed by atoms with Gasteiger partial charge in [0, 0.05) is 17.3 Å². The molecule has 0 fully saturated rings. The summed E-state index contributed by atoms with van der Waals surface area (Å²) in [4.78, 5) is 21.6. The molecule has 6 nitrogen and oxygen atoms in total. The van der Waals surface area contributed by atoms with Gasteiger partial charge in [-0.2, -0.15) is 13.2 Å². The van der Waals surface area contributed by atoms with Gasteiger partial charge in [0.15, 0.2) is 0 Å². The van der Waals surface area contributed by atoms with Gasteiger partial charge in [-0.25, -0.2) is 4.98 Å². The zero-order valence-corrected chi connectivity index (χ0v) is 16.5. The van der Waals surface area contributed by atoms with E-state index in [0.717, 1.165) is 11.8 Å². The number of nitrogens with zero attached hydrogens (tertiary/aromatic N) is 2. The van der Waals surface area contributed by atoms with Crippen LogP contribution < -0.4 is 4.74 Å². The topological polar surface area (TPSA) is 88.1 Å². The monoisotopic (exact) mass is 419 g/mol. The molecule has 30 heavy (non-hydrogen) atoms. The first-order chi connectivity index (χ1) is 14.0. The van der Waals surface area contributed by atoms with Crippen LogP contribution in [-0.2, 0) is 11.0 Å². The number of nitrogens with one attached hydrogen (secondary N) is 1. The quantitative estimate of drug-likeness (QED) is 0.590. The van der Waals surface area contributed by atoms with Gasteiger partial charge in [-0.05, 0) is 56.7 Å². The predicted octanol–water partition coefficient (Wildman–Crippen LogP) is 4.96. The number of ether oxygens (including phenoxy) is 1. The number of carbonyl (C=O) groups is 1. The first-order valence-corrected chi connectivity index (χ1v) is 9.03. The molecule has 0 saturated carbocycles. The number of hydrogen-bond acceptors (Lipinski definition) is 4. The molecule has 0 radical (unpaired) electrons. The molecule has 1 aromatic carbocycles. The standard InChI is InChI=1S/C21H20F3N3O3/c1-12-8-16(25-9-15(12)18-26-10-17(27-18)21(22,23)24)13-4-6-14(7-5-13)30-11-20(2,3)19(28)29/h4-10H,11H2,1-3H3,(H,26,27)(H,28,29). The maximum absolute atomic E-state index is 12.8. The Kier molecular flexibility index (Phi) is 5.56. The van der Waals surface area contributed by atoms with E-state index in [-0.39, 0.29) is 12.4 Å². The van der Waals surface area contributed by atoms with E-state index in [4.69, 9.17) is 9.84 Å². The van der Waals surface area contributed by atoms with Gasteiger partial charge in [-0.3, -0.25) is 9.78 Å². The molecule has 0 saturated heterocycles. The van der Waals surface area contributed by atoms with Crippen molar-refractivity contribution in [1.82, 2.24) is 15.0 Å². The first kappa shape index (κ1) is 21.4. The lowest BCUT2D eigenvalue weighted by Gasteiger charge is -2.19. The molecule has 0 atom stereocenters. The second-order valence-corrected chi connectivity index (χ2v) is 7.53. The summed E-state index contributed by atoms with van der Waals surface area (Å²) in [7, 11) is 0. The highest BCUT2D eigenvalue weighted by Crippen LogP contribution is 2.31. The minimum atomic E-state index is -4.49. The Bertz CT molecular complexity index is 1060. The number of carboxylic acids is 1. The molecule has 0 bridgehead atoms. The number of hydrogen-bond donors (Lipinski definition) is 2. The van der Waals surface area contributed by atoms with Crippen molar-refractivity contribution >= 4 is 5.97 Å². The number of H-pyrrole nitrogens is 1. The zero-order chi connectivity index (χ0) is 22.1. The van der Waals surface area contributed by atoms with Crippen molar-refractivity contribution in [3.8, 4) is 28.4 Å². The van der Waals surface area contributed by atoms with Gasteiger partial charge in [0.2, 0.25) is 0 Å². The smallest absolute Gasteiger partial charge is 0.432 e. The Labute approximate surface area is 170 Å². The van der Waals surface area contributed by atoms with Crippen LogP contribution in [0.15, 0.2) is 42.7 Å². The van der Waals surface area contributed by atoms with Crippen LogP contribution in [0.1, 0.15) is 25.1 Å². The van der Waals surface area contributed by atoms with Crippen LogP contribution in [0.4, 0.5) is 13.2 Å². The highest BCUT2D eigenvalue weighted by Gasteiger charge is 2.33. The largest absolute Gasteiger partial charge is 0.492 e. The van der Waals surface area contributed by atoms with E-state index >= 15 is 0 Å². The number of alkyl halides is 3. The molecule has 2 heterocycles. The average molecular weight is 419 g/mol. The van der Waals surface area contributed by atoms with Crippen LogP contribution in [0.25, 0.3) is 22.6 Å². The maximum atomic E-state index is 12.8. The molecule has 0 unspecified atom stereocenters. The fourth-order valence-electron chi connectivity index (χ4n) is 2.61. The van der Waals surface area contributed by atoms with E-state index in [2.05, 4.69) is 15.0 Å². The lowest BCUT2D eigenvalue weighted by Crippen LogP contribution is -2.30. The van der Waals surface area contributed by atoms with Crippen molar-refractivity contribution in [3.05, 3.63) is 54.0 Å². The molecule has 0 aliphatic carbocycles. The maximum Gasteiger partial charge on any atom is 0.432 e. The molecule has 158 valence electrons. The van der Waals surface area contributed by atoms with Crippen LogP contribution in [-0.4, -0.2) is 32.6 Å². The number of pyridine rings is 1. The molecule has 0 amide bonds. The van der Waals surface area contributed by atoms with Gasteiger partial charge in [0.05, 0.1) is 17.3 Å². The molecule has 2 aromatic heterocycles. The highest BCUT2D eigenvalue weighted by molar-refractivity contribution is 5.73. The van der Waals surface area contributed by atoms with Crippen LogP contribution in [0.2, 0.25) is 0 Å². The van der Waals surface area contributed by atoms with Crippen LogP contribution in [0.3, 0.4) is 0 Å². The van der Waals surface area contributed by atoms with Crippen LogP contribution in [0.5, 0.6) is 5.75 Å². The predicted molar refractivity (Wildman–Crippen MR) is 104 cm³/mol. The lowest BCUT2D eigenvalue weighted by molar-refractivity contribution is -0.148. The van der Waals surface area contributed by atoms with Crippen molar-refractivity contribution in [2.24, 2.45) is 5.41 Å². The fraction of sp³-hybridized carbons (Fsp3) is 0.286. The van der Waals surface area contributed by atoms with E-state index in [9.17, 15) is 18.0 Å². The Balaban J connectivity index is 1.76. The number of rotatable bonds is 6. The molecule has 0 aliphatic rings. The summed E-state index contributed by atoms with van der Waals surface area (Å²) in [6, 6.07) is 8.73. The van der Waals surface area contributed by atoms with Crippen LogP contribution in [0, 0.1) is 12.3 Å². The Morgan fingerprint density at radius 3 is 2.33 bits per heavy atom. The molecule has 0 spiro atoms. The third-order valence-electron chi connectivity index (χ3n) is 4.58. The average Bonchev–Trinajstić information content (AvgIpc) is 3.17. The minimum absolute atomic E-state index is 0.0246. The van der Waals surface area contributed by atoms with Crippen LogP contribution >= 0.6 is 0 Å². The number of aromatic amines is 1. The van der Waals surface area contributed by atoms with Crippen molar-refractivity contribution < 1.29 is 27.8 Å². The molecule has 2 N–H and O–H groups in total. The van der Waals surface area contributed by atoms with Crippen molar-refractivity contribution in [1.29, 1.82) is 0 Å². The normalized spacial score (nSPS) is 12.1. The number of carboxylic acid groups (broad SMARTS) is 1. The zero-order valence-electron chi connectivity index (χ0n) is 16.5. The summed E-state index contributed by atoms with van der Waals surface area (Å²) >= 11 is 0. The van der Waals surface area contributed by atoms with Crippen molar-refractivity contribution in [3.63, 3.8) is 0 Å². The Morgan fingerprint density at radius 1 is 1.13 bits per heavy atom. The second kappa shape index (κ2) is 7.81. The highest BCUT2D eigenvalue weighted by atomic mass is 19.4. The number of halogens is 3. The summed E-state index contributed by atoms with van der Waals surface area (Å²) in [6.07, 6.45) is -2.26. The van der Waals surface area contributed by atoms with Gasteiger partial charge in [0.25, 0.3) is 0 Å². The van der Waals surface area contributed by atoms with Crippen molar-refractivity contribution in [2.45, 2.75) is 26.9 Å². The fourth-order valence-corrected chi connectivity index (χ4v) is 2.61. The summed E-state index contributed by atoms with van der Waals surface area (Å²) in [6.45, 7) is 4.95. The number of benzene rings is 1. The number of aliphatic carboxylic acids is 1. The van der Waals surface area contributed by atoms with Gasteiger partial charge in [0.1, 0.15) is 23.9 Å². The van der Waals surface area contributed by atoms with E-state index in [1.165, 1.54) is 6.20 Å². The SMILES string of the molecule is Cc1cc(-c2ccc(OCC(C)(C)C(=O)O)cc2)ncc1-c1ncc(C(F)(F)F)[nH]1. The van der Waals surface area contributed by atoms with E-state index in [0.29, 0.717) is 22.6 Å². The third kappa shape index (κ3) is 4.61. The summed E-state index contributed by atoms with van der Waals surface area (Å²) < 4.78 is 43.9. The van der Waals surface area contributed by atoms with E-state index in [1.54, 1.807) is 51.1 Å². The summed E-state index contributed by atoms with van der Waals surface area (Å²) in [5.41, 5.74) is 0.686. The van der Waals surface area contributed by atoms with E-state index < -0.39 is 23.3 Å². The minimum Gasteiger partial charge on any atom is -0.492 e. The second-order valence-electron chi connectivity index (χ2n) is 7.53. The lowest BCUT2D eigenvalue weighted by atomic mass is 9.95. The molecule has 3 aromatic rings. The molecule has 3 rings (SSSR count). The third-order valence-corrected chi connectivity index (χ3v) is 4.58. The Morgan fingerprint density at radius 2 is 1.80 bits per heavy atom. The summed E-state index contributed by atoms with van der Waals surface area (Å²) in [5.74, 6) is -0.321. The number of aryl methyl sites for hydroxylation is 1. The summed E-state index contributed by atoms with van der Waals surface area (Å²) in [5, 5.41) is 9.13. The van der Waals surface area contributed by atoms with Gasteiger partial charge < -0.3 is 14.8 Å². The van der Waals surface area contributed by atoms with E-state index in [1.807, 2.05) is 0 Å². The number of imidazole rings is 1. The molecule has 9 heteroatoms. The molecular formula is C21H20F3N3O3. The molecule has 0 aliphatic heterocycles. The molecular weight excluding hydrogens is 399 g/mol.